The minimum atomic E-state index is -0.599. The molecular weight excluding hydrogens is 272 g/mol. The first-order chi connectivity index (χ1) is 9.67. The maximum absolute atomic E-state index is 11.6. The van der Waals surface area contributed by atoms with E-state index in [0.29, 0.717) is 5.92 Å². The third-order valence-electron chi connectivity index (χ3n) is 2.77. The van der Waals surface area contributed by atoms with Gasteiger partial charge in [-0.2, -0.15) is 4.99 Å². The molecule has 0 saturated heterocycles. The molecule has 1 aliphatic rings. The molecule has 1 aliphatic carbocycles. The second-order valence-corrected chi connectivity index (χ2v) is 6.09. The lowest BCUT2D eigenvalue weighted by atomic mass is 10.2. The highest BCUT2D eigenvalue weighted by molar-refractivity contribution is 5.99. The van der Waals surface area contributed by atoms with E-state index in [9.17, 15) is 9.59 Å². The molecule has 0 bridgehead atoms. The van der Waals surface area contributed by atoms with Crippen LogP contribution in [0, 0.1) is 5.92 Å². The summed E-state index contributed by atoms with van der Waals surface area (Å²) in [7, 11) is 0. The van der Waals surface area contributed by atoms with E-state index in [1.807, 2.05) is 6.92 Å². The summed E-state index contributed by atoms with van der Waals surface area (Å²) in [4.78, 5) is 26.6. The molecule has 0 spiro atoms. The van der Waals surface area contributed by atoms with Gasteiger partial charge in [-0.1, -0.05) is 0 Å². The molecule has 21 heavy (non-hydrogen) atoms. The summed E-state index contributed by atoms with van der Waals surface area (Å²) in [6.07, 6.45) is 4.29. The number of carbonyl (C=O) groups excluding carboxylic acids is 2. The molecule has 4 N–H and O–H groups in total. The van der Waals surface area contributed by atoms with Gasteiger partial charge in [0.2, 0.25) is 0 Å². The van der Waals surface area contributed by atoms with Crippen LogP contribution in [0.2, 0.25) is 0 Å². The minimum absolute atomic E-state index is 0.00607. The van der Waals surface area contributed by atoms with Crippen molar-refractivity contribution >= 4 is 18.0 Å². The number of hydrogen-bond donors (Lipinski definition) is 3. The fraction of sp³-hybridized carbons (Fsp3) is 0.643. The molecule has 1 atom stereocenters. The van der Waals surface area contributed by atoms with Crippen molar-refractivity contribution in [2.45, 2.75) is 52.2 Å². The largest absolute Gasteiger partial charge is 0.444 e. The average molecular weight is 296 g/mol. The van der Waals surface area contributed by atoms with Crippen molar-refractivity contribution in [3.63, 3.8) is 0 Å². The molecule has 1 rings (SSSR count). The van der Waals surface area contributed by atoms with Gasteiger partial charge in [0.05, 0.1) is 0 Å². The first-order valence-electron chi connectivity index (χ1n) is 6.98. The van der Waals surface area contributed by atoms with Gasteiger partial charge in [-0.05, 0) is 52.5 Å². The van der Waals surface area contributed by atoms with Crippen molar-refractivity contribution in [1.29, 1.82) is 0 Å². The van der Waals surface area contributed by atoms with Gasteiger partial charge in [-0.25, -0.2) is 9.59 Å². The van der Waals surface area contributed by atoms with Crippen molar-refractivity contribution in [3.8, 4) is 0 Å². The zero-order valence-electron chi connectivity index (χ0n) is 13.0. The molecule has 0 aliphatic heterocycles. The number of hydrogen-bond acceptors (Lipinski definition) is 3. The Balaban J connectivity index is 2.35. The van der Waals surface area contributed by atoms with Gasteiger partial charge >= 0.3 is 12.1 Å². The highest BCUT2D eigenvalue weighted by atomic mass is 16.6. The number of nitrogens with zero attached hydrogens (tertiary/aromatic N) is 1. The maximum Gasteiger partial charge on any atom is 0.411 e. The van der Waals surface area contributed by atoms with Gasteiger partial charge in [-0.15, -0.1) is 0 Å². The van der Waals surface area contributed by atoms with Crippen LogP contribution in [-0.2, 0) is 4.74 Å². The Hall–Kier alpha value is -2.05. The number of carbonyl (C=O) groups is 2. The monoisotopic (exact) mass is 296 g/mol. The van der Waals surface area contributed by atoms with Crippen LogP contribution in [0.3, 0.4) is 0 Å². The summed E-state index contributed by atoms with van der Waals surface area (Å²) in [6.45, 7) is 7.23. The highest BCUT2D eigenvalue weighted by Crippen LogP contribution is 2.32. The molecule has 7 nitrogen and oxygen atoms in total. The van der Waals surface area contributed by atoms with Crippen LogP contribution < -0.4 is 16.4 Å². The number of urea groups is 1. The van der Waals surface area contributed by atoms with Crippen LogP contribution >= 0.6 is 0 Å². The Morgan fingerprint density at radius 3 is 2.52 bits per heavy atom. The zero-order chi connectivity index (χ0) is 16.0. The van der Waals surface area contributed by atoms with Gasteiger partial charge in [0.1, 0.15) is 11.4 Å². The number of nitrogens with one attached hydrogen (secondary N) is 2. The summed E-state index contributed by atoms with van der Waals surface area (Å²) >= 11 is 0. The maximum atomic E-state index is 11.6. The fourth-order valence-corrected chi connectivity index (χ4v) is 1.60. The topological polar surface area (TPSA) is 106 Å². The van der Waals surface area contributed by atoms with Gasteiger partial charge in [0, 0.05) is 12.2 Å². The Bertz CT molecular complexity index is 448. The van der Waals surface area contributed by atoms with Gasteiger partial charge in [-0.3, -0.25) is 5.32 Å². The Kier molecular flexibility index (Phi) is 5.75. The van der Waals surface area contributed by atoms with E-state index in [-0.39, 0.29) is 11.9 Å². The third kappa shape index (κ3) is 7.96. The molecule has 118 valence electrons. The van der Waals surface area contributed by atoms with Crippen molar-refractivity contribution in [1.82, 2.24) is 10.6 Å². The lowest BCUT2D eigenvalue weighted by Gasteiger charge is -2.18. The highest BCUT2D eigenvalue weighted by Gasteiger charge is 2.28. The smallest absolute Gasteiger partial charge is 0.411 e. The van der Waals surface area contributed by atoms with Crippen molar-refractivity contribution < 1.29 is 14.3 Å². The zero-order valence-corrected chi connectivity index (χ0v) is 13.0. The molecule has 3 amide bonds. The van der Waals surface area contributed by atoms with Crippen LogP contribution in [0.4, 0.5) is 9.59 Å². The lowest BCUT2D eigenvalue weighted by molar-refractivity contribution is 0.0552. The van der Waals surface area contributed by atoms with Crippen molar-refractivity contribution in [2.24, 2.45) is 16.6 Å². The van der Waals surface area contributed by atoms with Crippen LogP contribution in [0.5, 0.6) is 0 Å². The molecule has 1 fully saturated rings. The predicted molar refractivity (Wildman–Crippen MR) is 80.8 cm³/mol. The molecule has 0 heterocycles. The van der Waals surface area contributed by atoms with E-state index < -0.39 is 17.7 Å². The second-order valence-electron chi connectivity index (χ2n) is 6.09. The summed E-state index contributed by atoms with van der Waals surface area (Å²) in [6, 6.07) is -0.369. The van der Waals surface area contributed by atoms with E-state index in [2.05, 4.69) is 15.6 Å². The van der Waals surface area contributed by atoms with E-state index in [4.69, 9.17) is 10.5 Å². The third-order valence-corrected chi connectivity index (χ3v) is 2.77. The number of alkyl carbamates (subject to hydrolysis) is 1. The van der Waals surface area contributed by atoms with E-state index in [0.717, 1.165) is 12.8 Å². The van der Waals surface area contributed by atoms with Crippen LogP contribution in [-0.4, -0.2) is 29.6 Å². The predicted octanol–water partition coefficient (Wildman–Crippen LogP) is 1.89. The SMILES string of the molecule is C[C@H](NC(=O)/N=C(N)\C=C/NC(=O)OC(C)(C)C)C1CC1. The van der Waals surface area contributed by atoms with Crippen LogP contribution in [0.15, 0.2) is 17.3 Å². The normalized spacial score (nSPS) is 17.4. The first kappa shape index (κ1) is 17.0. The van der Waals surface area contributed by atoms with Crippen LogP contribution in [0.1, 0.15) is 40.5 Å². The Morgan fingerprint density at radius 1 is 1.38 bits per heavy atom. The first-order valence-corrected chi connectivity index (χ1v) is 6.98. The number of ether oxygens (including phenoxy) is 1. The molecule has 0 unspecified atom stereocenters. The van der Waals surface area contributed by atoms with E-state index in [1.165, 1.54) is 12.3 Å². The van der Waals surface area contributed by atoms with E-state index >= 15 is 0 Å². The Morgan fingerprint density at radius 2 is 2.00 bits per heavy atom. The van der Waals surface area contributed by atoms with E-state index in [1.54, 1.807) is 20.8 Å². The van der Waals surface area contributed by atoms with Crippen molar-refractivity contribution in [3.05, 3.63) is 12.3 Å². The van der Waals surface area contributed by atoms with Gasteiger partial charge in [0.15, 0.2) is 0 Å². The molecule has 0 aromatic heterocycles. The fourth-order valence-electron chi connectivity index (χ4n) is 1.60. The minimum Gasteiger partial charge on any atom is -0.444 e. The number of rotatable bonds is 4. The summed E-state index contributed by atoms with van der Waals surface area (Å²) in [5.74, 6) is 0.557. The lowest BCUT2D eigenvalue weighted by Crippen LogP contribution is -2.33. The number of amides is 3. The van der Waals surface area contributed by atoms with Crippen LogP contribution in [0.25, 0.3) is 0 Å². The quantitative estimate of drug-likeness (QED) is 0.544. The Labute approximate surface area is 125 Å². The average Bonchev–Trinajstić information content (AvgIpc) is 3.08. The van der Waals surface area contributed by atoms with Crippen molar-refractivity contribution in [2.75, 3.05) is 0 Å². The molecule has 0 aromatic carbocycles. The second kappa shape index (κ2) is 7.10. The molecule has 1 saturated carbocycles. The molecular formula is C14H24N4O3. The summed E-state index contributed by atoms with van der Waals surface area (Å²) < 4.78 is 5.03. The van der Waals surface area contributed by atoms with Gasteiger partial charge in [0.25, 0.3) is 0 Å². The summed E-state index contributed by atoms with van der Waals surface area (Å²) in [5, 5.41) is 5.13. The number of aliphatic imine (C=N–C) groups is 1. The number of nitrogens with two attached hydrogens (primary N) is 1. The standard InChI is InChI=1S/C14H24N4O3/c1-9(10-5-6-10)17-12(19)18-11(15)7-8-16-13(20)21-14(2,3)4/h7-10H,5-6H2,1-4H3,(H,16,20)(H3,15,17,18,19)/b8-7-/t9-/m0/s1. The van der Waals surface area contributed by atoms with Gasteiger partial charge < -0.3 is 15.8 Å². The molecule has 0 aromatic rings. The number of amidine groups is 1. The summed E-state index contributed by atoms with van der Waals surface area (Å²) in [5.41, 5.74) is 4.99. The molecule has 7 heteroatoms. The molecule has 0 radical (unpaired) electrons.